The summed E-state index contributed by atoms with van der Waals surface area (Å²) in [6, 6.07) is 7.65. The molecule has 0 bridgehead atoms. The van der Waals surface area contributed by atoms with Gasteiger partial charge in [-0.05, 0) is 30.7 Å². The number of hydrogen-bond donors (Lipinski definition) is 2. The van der Waals surface area contributed by atoms with Crippen molar-refractivity contribution in [3.63, 3.8) is 0 Å². The summed E-state index contributed by atoms with van der Waals surface area (Å²) in [5.41, 5.74) is 1.71. The zero-order valence-corrected chi connectivity index (χ0v) is 11.3. The number of carbonyl (C=O) groups is 1. The molecule has 1 amide bonds. The topological polar surface area (TPSA) is 71.8 Å². The average Bonchev–Trinajstić information content (AvgIpc) is 3.09. The Morgan fingerprint density at radius 1 is 1.35 bits per heavy atom. The number of rotatable bonds is 3. The minimum absolute atomic E-state index is 0.0357. The van der Waals surface area contributed by atoms with Gasteiger partial charge in [0, 0.05) is 12.2 Å². The highest BCUT2D eigenvalue weighted by atomic mass is 16.1. The number of benzene rings is 1. The van der Waals surface area contributed by atoms with Crippen LogP contribution < -0.4 is 10.6 Å². The molecule has 2 aromatic rings. The zero-order valence-electron chi connectivity index (χ0n) is 11.3. The lowest BCUT2D eigenvalue weighted by molar-refractivity contribution is -0.120. The fourth-order valence-electron chi connectivity index (χ4n) is 2.47. The minimum Gasteiger partial charge on any atom is -0.326 e. The van der Waals surface area contributed by atoms with E-state index in [1.54, 1.807) is 17.2 Å². The number of amides is 1. The fourth-order valence-corrected chi connectivity index (χ4v) is 2.47. The van der Waals surface area contributed by atoms with Gasteiger partial charge in [-0.15, -0.1) is 10.2 Å². The van der Waals surface area contributed by atoms with Crippen molar-refractivity contribution in [1.29, 1.82) is 0 Å². The Hall–Kier alpha value is -2.21. The third kappa shape index (κ3) is 2.55. The molecule has 0 radical (unpaired) electrons. The predicted octanol–water partition coefficient (Wildman–Crippen LogP) is 1.06. The summed E-state index contributed by atoms with van der Waals surface area (Å²) >= 11 is 0. The highest BCUT2D eigenvalue weighted by molar-refractivity contribution is 5.93. The molecule has 0 aliphatic carbocycles. The molecule has 20 heavy (non-hydrogen) atoms. The second kappa shape index (κ2) is 5.42. The van der Waals surface area contributed by atoms with E-state index in [0.29, 0.717) is 5.92 Å². The second-order valence-corrected chi connectivity index (χ2v) is 5.15. The summed E-state index contributed by atoms with van der Waals surface area (Å²) in [6.45, 7) is 3.74. The maximum atomic E-state index is 12.2. The Labute approximate surface area is 117 Å². The molecule has 2 heterocycles. The number of anilines is 1. The Morgan fingerprint density at radius 3 is 2.85 bits per heavy atom. The van der Waals surface area contributed by atoms with Gasteiger partial charge < -0.3 is 10.6 Å². The van der Waals surface area contributed by atoms with Gasteiger partial charge >= 0.3 is 0 Å². The van der Waals surface area contributed by atoms with Gasteiger partial charge in [0.1, 0.15) is 12.7 Å². The van der Waals surface area contributed by atoms with E-state index >= 15 is 0 Å². The molecule has 2 N–H and O–H groups in total. The minimum atomic E-state index is 0.0357. The van der Waals surface area contributed by atoms with Gasteiger partial charge in [-0.1, -0.05) is 13.0 Å². The molecule has 0 spiro atoms. The molecule has 6 heteroatoms. The summed E-state index contributed by atoms with van der Waals surface area (Å²) < 4.78 is 1.80. The highest BCUT2D eigenvalue weighted by Crippen LogP contribution is 2.20. The number of carbonyl (C=O) groups excluding carboxylic acids is 1. The molecule has 2 atom stereocenters. The lowest BCUT2D eigenvalue weighted by atomic mass is 9.97. The van der Waals surface area contributed by atoms with Gasteiger partial charge in [-0.25, -0.2) is 0 Å². The molecule has 2 unspecified atom stereocenters. The molecule has 1 aromatic carbocycles. The van der Waals surface area contributed by atoms with Crippen LogP contribution in [0.5, 0.6) is 0 Å². The van der Waals surface area contributed by atoms with Gasteiger partial charge in [-0.3, -0.25) is 9.36 Å². The first kappa shape index (κ1) is 12.8. The van der Waals surface area contributed by atoms with Gasteiger partial charge in [0.15, 0.2) is 0 Å². The van der Waals surface area contributed by atoms with Crippen LogP contribution in [0.3, 0.4) is 0 Å². The molecule has 6 nitrogen and oxygen atoms in total. The van der Waals surface area contributed by atoms with Gasteiger partial charge in [0.25, 0.3) is 0 Å². The summed E-state index contributed by atoms with van der Waals surface area (Å²) in [7, 11) is 0. The van der Waals surface area contributed by atoms with Crippen molar-refractivity contribution < 1.29 is 4.79 Å². The van der Waals surface area contributed by atoms with E-state index in [0.717, 1.165) is 24.5 Å². The first-order chi connectivity index (χ1) is 9.74. The van der Waals surface area contributed by atoms with Crippen molar-refractivity contribution in [3.05, 3.63) is 36.9 Å². The molecule has 1 aliphatic heterocycles. The average molecular weight is 271 g/mol. The van der Waals surface area contributed by atoms with Crippen LogP contribution in [0, 0.1) is 11.8 Å². The van der Waals surface area contributed by atoms with E-state index in [1.807, 2.05) is 24.3 Å². The van der Waals surface area contributed by atoms with E-state index in [9.17, 15) is 4.79 Å². The third-order valence-electron chi connectivity index (χ3n) is 3.68. The molecule has 3 rings (SSSR count). The fraction of sp³-hybridized carbons (Fsp3) is 0.357. The first-order valence-corrected chi connectivity index (χ1v) is 6.70. The van der Waals surface area contributed by atoms with E-state index < -0.39 is 0 Å². The van der Waals surface area contributed by atoms with Crippen LogP contribution in [0.15, 0.2) is 36.9 Å². The van der Waals surface area contributed by atoms with Gasteiger partial charge in [-0.2, -0.15) is 0 Å². The lowest BCUT2D eigenvalue weighted by Gasteiger charge is -2.14. The Bertz CT molecular complexity index is 595. The van der Waals surface area contributed by atoms with Crippen LogP contribution in [0.4, 0.5) is 5.69 Å². The van der Waals surface area contributed by atoms with E-state index in [2.05, 4.69) is 27.8 Å². The number of hydrogen-bond acceptors (Lipinski definition) is 4. The van der Waals surface area contributed by atoms with Crippen LogP contribution in [0.25, 0.3) is 5.69 Å². The second-order valence-electron chi connectivity index (χ2n) is 5.15. The Balaban J connectivity index is 1.74. The molecular weight excluding hydrogens is 254 g/mol. The van der Waals surface area contributed by atoms with Crippen molar-refractivity contribution >= 4 is 11.6 Å². The van der Waals surface area contributed by atoms with Crippen molar-refractivity contribution in [2.75, 3.05) is 18.4 Å². The van der Waals surface area contributed by atoms with Crippen LogP contribution in [0.2, 0.25) is 0 Å². The summed E-state index contributed by atoms with van der Waals surface area (Å²) in [4.78, 5) is 12.2. The van der Waals surface area contributed by atoms with E-state index in [4.69, 9.17) is 0 Å². The molecule has 1 saturated heterocycles. The predicted molar refractivity (Wildman–Crippen MR) is 75.5 cm³/mol. The van der Waals surface area contributed by atoms with Crippen LogP contribution in [0.1, 0.15) is 6.92 Å². The zero-order chi connectivity index (χ0) is 13.9. The number of nitrogens with one attached hydrogen (secondary N) is 2. The Morgan fingerprint density at radius 2 is 2.15 bits per heavy atom. The van der Waals surface area contributed by atoms with Crippen molar-refractivity contribution in [1.82, 2.24) is 20.1 Å². The van der Waals surface area contributed by atoms with Crippen LogP contribution in [-0.2, 0) is 4.79 Å². The lowest BCUT2D eigenvalue weighted by Crippen LogP contribution is -2.27. The molecular formula is C14H17N5O. The molecule has 1 aromatic heterocycles. The van der Waals surface area contributed by atoms with E-state index in [1.165, 1.54) is 0 Å². The smallest absolute Gasteiger partial charge is 0.229 e. The standard InChI is InChI=1S/C14H17N5O/c1-10-6-15-7-13(10)14(20)18-11-3-2-4-12(5-11)19-8-16-17-9-19/h2-5,8-10,13,15H,6-7H2,1H3,(H,18,20). The molecule has 104 valence electrons. The highest BCUT2D eigenvalue weighted by Gasteiger charge is 2.29. The summed E-state index contributed by atoms with van der Waals surface area (Å²) in [5.74, 6) is 0.480. The normalized spacial score (nSPS) is 21.9. The third-order valence-corrected chi connectivity index (χ3v) is 3.68. The van der Waals surface area contributed by atoms with Crippen molar-refractivity contribution in [2.24, 2.45) is 11.8 Å². The maximum absolute atomic E-state index is 12.2. The van der Waals surface area contributed by atoms with Gasteiger partial charge in [0.2, 0.25) is 5.91 Å². The van der Waals surface area contributed by atoms with E-state index in [-0.39, 0.29) is 11.8 Å². The van der Waals surface area contributed by atoms with Crippen molar-refractivity contribution in [3.8, 4) is 5.69 Å². The molecule has 1 aliphatic rings. The van der Waals surface area contributed by atoms with Crippen molar-refractivity contribution in [2.45, 2.75) is 6.92 Å². The van der Waals surface area contributed by atoms with Crippen LogP contribution >= 0.6 is 0 Å². The van der Waals surface area contributed by atoms with Crippen LogP contribution in [-0.4, -0.2) is 33.8 Å². The summed E-state index contributed by atoms with van der Waals surface area (Å²) in [5, 5.41) is 13.8. The monoisotopic (exact) mass is 271 g/mol. The number of aromatic nitrogens is 3. The van der Waals surface area contributed by atoms with Gasteiger partial charge in [0.05, 0.1) is 11.6 Å². The largest absolute Gasteiger partial charge is 0.326 e. The SMILES string of the molecule is CC1CNCC1C(=O)Nc1cccc(-n2cnnc2)c1. The quantitative estimate of drug-likeness (QED) is 0.875. The molecule has 1 fully saturated rings. The first-order valence-electron chi connectivity index (χ1n) is 6.70. The molecule has 0 saturated carbocycles. The maximum Gasteiger partial charge on any atom is 0.229 e. The number of nitrogens with zero attached hydrogens (tertiary/aromatic N) is 3. The summed E-state index contributed by atoms with van der Waals surface area (Å²) in [6.07, 6.45) is 3.26. The Kier molecular flexibility index (Phi) is 3.47.